The Morgan fingerprint density at radius 1 is 1.37 bits per heavy atom. The van der Waals surface area contributed by atoms with Crippen LogP contribution < -0.4 is 0 Å². The summed E-state index contributed by atoms with van der Waals surface area (Å²) in [5.41, 5.74) is 3.69. The van der Waals surface area contributed by atoms with Crippen LogP contribution in [0.15, 0.2) is 34.7 Å². The fourth-order valence-corrected chi connectivity index (χ4v) is 3.40. The van der Waals surface area contributed by atoms with Crippen molar-refractivity contribution in [2.45, 2.75) is 20.8 Å². The summed E-state index contributed by atoms with van der Waals surface area (Å²) in [6.45, 7) is 6.02. The fraction of sp³-hybridized carbons (Fsp3) is 0.357. The predicted molar refractivity (Wildman–Crippen MR) is 70.0 cm³/mol. The van der Waals surface area contributed by atoms with Gasteiger partial charge in [0.05, 0.1) is 0 Å². The molecule has 0 amide bonds. The molecule has 0 N–H and O–H groups in total. The van der Waals surface area contributed by atoms with Crippen molar-refractivity contribution in [3.05, 3.63) is 34.7 Å². The van der Waals surface area contributed by atoms with Gasteiger partial charge in [0.2, 0.25) is 0 Å². The fourth-order valence-electron chi connectivity index (χ4n) is 1.81. The van der Waals surface area contributed by atoms with Crippen LogP contribution in [0.4, 0.5) is 0 Å². The van der Waals surface area contributed by atoms with Gasteiger partial charge >= 0.3 is 124 Å². The van der Waals surface area contributed by atoms with Crippen LogP contribution in [0, 0.1) is 0 Å². The number of hydrogen-bond donors (Lipinski definition) is 0. The van der Waals surface area contributed by atoms with Crippen LogP contribution in [-0.2, 0) is 33.7 Å². The zero-order chi connectivity index (χ0) is 14.7. The second-order valence-corrected chi connectivity index (χ2v) is 5.72. The number of Topliss-reactive ketones (excluding diaryl/α,β-unsaturated/α-hetero) is 1. The molecule has 1 aliphatic heterocycles. The zero-order valence-corrected chi connectivity index (χ0v) is 14.7. The third kappa shape index (κ3) is 3.00. The number of methoxy groups -OCH3 is 1. The number of carbonyl (C=O) groups excluding carboxylic acids is 2. The Morgan fingerprint density at radius 2 is 1.95 bits per heavy atom. The van der Waals surface area contributed by atoms with Gasteiger partial charge in [0.15, 0.2) is 0 Å². The number of rotatable bonds is 3. The maximum atomic E-state index is 11.9. The molecule has 0 aromatic heterocycles. The molecule has 0 aromatic carbocycles. The first-order valence-corrected chi connectivity index (χ1v) is 7.28. The van der Waals surface area contributed by atoms with Crippen molar-refractivity contribution in [3.63, 3.8) is 0 Å². The normalized spacial score (nSPS) is 18.4. The van der Waals surface area contributed by atoms with E-state index in [0.29, 0.717) is 5.57 Å². The van der Waals surface area contributed by atoms with Crippen molar-refractivity contribution >= 4 is 15.7 Å². The van der Waals surface area contributed by atoms with E-state index in [2.05, 4.69) is 4.74 Å². The summed E-state index contributed by atoms with van der Waals surface area (Å²) in [7, 11) is 3.09. The Kier molecular flexibility index (Phi) is 5.18. The number of nitrogens with zero attached hydrogens (tertiary/aromatic N) is 1. The first-order chi connectivity index (χ1) is 8.84. The number of ether oxygens (including phenoxy) is 1. The number of hydrogen-bond acceptors (Lipinski definition) is 4. The van der Waals surface area contributed by atoms with Crippen LogP contribution in [0.5, 0.6) is 0 Å². The third-order valence-corrected chi connectivity index (χ3v) is 4.62. The predicted octanol–water partition coefficient (Wildman–Crippen LogP) is 1.52. The van der Waals surface area contributed by atoms with E-state index in [9.17, 15) is 9.59 Å². The molecule has 0 radical (unpaired) electrons. The van der Waals surface area contributed by atoms with E-state index in [0.717, 1.165) is 40.1 Å². The Morgan fingerprint density at radius 3 is 2.42 bits per heavy atom. The molecule has 0 saturated heterocycles. The molecule has 5 heteroatoms. The molecular formula is C14H17NO3W. The molecule has 102 valence electrons. The summed E-state index contributed by atoms with van der Waals surface area (Å²) < 4.78 is 5.38. The molecule has 1 heterocycles. The summed E-state index contributed by atoms with van der Waals surface area (Å²) in [6.07, 6.45) is 3.72. The van der Waals surface area contributed by atoms with E-state index < -0.39 is 11.8 Å². The van der Waals surface area contributed by atoms with Crippen LogP contribution in [0.1, 0.15) is 20.8 Å². The SMILES string of the molecule is CC=C(C)C(C)=C1[C](=[W])C(C(=O)C(=O)OC)=CN1C. The number of carbonyl (C=O) groups is 2. The Bertz CT molecular complexity index is 541. The summed E-state index contributed by atoms with van der Waals surface area (Å²) in [5.74, 6) is -1.40. The molecule has 0 saturated carbocycles. The molecule has 0 fully saturated rings. The van der Waals surface area contributed by atoms with Gasteiger partial charge in [-0.1, -0.05) is 0 Å². The molecular weight excluding hydrogens is 414 g/mol. The van der Waals surface area contributed by atoms with Crippen LogP contribution in [0.25, 0.3) is 0 Å². The second kappa shape index (κ2) is 6.24. The van der Waals surface area contributed by atoms with Gasteiger partial charge in [-0.25, -0.2) is 0 Å². The van der Waals surface area contributed by atoms with Crippen molar-refractivity contribution in [1.29, 1.82) is 0 Å². The minimum atomic E-state index is -0.819. The van der Waals surface area contributed by atoms with Crippen molar-refractivity contribution in [2.75, 3.05) is 14.2 Å². The molecule has 4 nitrogen and oxygen atoms in total. The molecule has 0 atom stereocenters. The van der Waals surface area contributed by atoms with Gasteiger partial charge in [-0.15, -0.1) is 0 Å². The monoisotopic (exact) mass is 431 g/mol. The summed E-state index contributed by atoms with van der Waals surface area (Å²) in [4.78, 5) is 25.2. The minimum absolute atomic E-state index is 0.433. The average molecular weight is 431 g/mol. The van der Waals surface area contributed by atoms with E-state index in [1.54, 1.807) is 6.20 Å². The van der Waals surface area contributed by atoms with E-state index in [1.165, 1.54) is 7.11 Å². The topological polar surface area (TPSA) is 46.6 Å². The van der Waals surface area contributed by atoms with Gasteiger partial charge < -0.3 is 0 Å². The molecule has 0 aromatic rings. The van der Waals surface area contributed by atoms with Crippen molar-refractivity contribution in [1.82, 2.24) is 4.90 Å². The molecule has 0 spiro atoms. The standard InChI is InChI=1S/C14H17NO3.W/c1-6-9(2)10(3)12-7-11(8-15(12)4)13(16)14(17)18-5;/h6,8H,1-5H3;. The molecule has 19 heavy (non-hydrogen) atoms. The maximum absolute atomic E-state index is 11.9. The number of ketones is 1. The summed E-state index contributed by atoms with van der Waals surface area (Å²) in [5, 5.41) is 0. The summed E-state index contributed by atoms with van der Waals surface area (Å²) >= 11 is 1.15. The van der Waals surface area contributed by atoms with Crippen molar-refractivity contribution in [2.24, 2.45) is 0 Å². The number of esters is 1. The van der Waals surface area contributed by atoms with Crippen LogP contribution in [0.2, 0.25) is 0 Å². The zero-order valence-electron chi connectivity index (χ0n) is 11.7. The van der Waals surface area contributed by atoms with Crippen LogP contribution in [-0.4, -0.2) is 34.7 Å². The molecule has 0 aliphatic carbocycles. The molecule has 0 bridgehead atoms. The van der Waals surface area contributed by atoms with Gasteiger partial charge in [0.1, 0.15) is 0 Å². The van der Waals surface area contributed by atoms with Gasteiger partial charge in [0.25, 0.3) is 0 Å². The van der Waals surface area contributed by atoms with E-state index in [-0.39, 0.29) is 0 Å². The van der Waals surface area contributed by atoms with Crippen molar-refractivity contribution < 1.29 is 33.7 Å². The van der Waals surface area contributed by atoms with Gasteiger partial charge in [0, 0.05) is 0 Å². The molecule has 1 aliphatic rings. The second-order valence-electron chi connectivity index (χ2n) is 4.25. The van der Waals surface area contributed by atoms with Crippen LogP contribution >= 0.6 is 0 Å². The van der Waals surface area contributed by atoms with Gasteiger partial charge in [-0.2, -0.15) is 0 Å². The van der Waals surface area contributed by atoms with Crippen LogP contribution in [0.3, 0.4) is 0 Å². The van der Waals surface area contributed by atoms with E-state index in [1.807, 2.05) is 38.8 Å². The summed E-state index contributed by atoms with van der Waals surface area (Å²) in [6, 6.07) is 0. The Hall–Kier alpha value is -1.28. The third-order valence-electron chi connectivity index (χ3n) is 3.13. The first kappa shape index (κ1) is 15.8. The number of allylic oxidation sites excluding steroid dienone is 4. The first-order valence-electron chi connectivity index (χ1n) is 5.81. The average Bonchev–Trinajstić information content (AvgIpc) is 2.70. The molecule has 1 rings (SSSR count). The van der Waals surface area contributed by atoms with E-state index in [4.69, 9.17) is 0 Å². The van der Waals surface area contributed by atoms with Gasteiger partial charge in [-0.05, 0) is 0 Å². The Labute approximate surface area is 124 Å². The van der Waals surface area contributed by atoms with E-state index >= 15 is 0 Å². The van der Waals surface area contributed by atoms with Gasteiger partial charge in [-0.3, -0.25) is 0 Å². The molecule has 0 unspecified atom stereocenters. The quantitative estimate of drug-likeness (QED) is 0.503. The Balaban J connectivity index is 3.21. The van der Waals surface area contributed by atoms with Crippen molar-refractivity contribution in [3.8, 4) is 0 Å².